The molecule has 0 aliphatic rings. The molecule has 0 saturated carbocycles. The number of H-pyrrole nitrogens is 2. The van der Waals surface area contributed by atoms with Crippen LogP contribution >= 0.6 is 0 Å². The molecule has 0 radical (unpaired) electrons. The summed E-state index contributed by atoms with van der Waals surface area (Å²) in [5, 5.41) is 10.9. The fraction of sp³-hybridized carbons (Fsp3) is 0.105. The molecule has 8 heteroatoms. The van der Waals surface area contributed by atoms with Gasteiger partial charge in [-0.15, -0.1) is 5.11 Å². The van der Waals surface area contributed by atoms with Crippen molar-refractivity contribution in [2.24, 2.45) is 10.2 Å². The van der Waals surface area contributed by atoms with Crippen molar-refractivity contribution in [3.8, 4) is 11.4 Å². The van der Waals surface area contributed by atoms with Gasteiger partial charge in [0.1, 0.15) is 5.82 Å². The summed E-state index contributed by atoms with van der Waals surface area (Å²) in [6, 6.07) is 15.1. The Morgan fingerprint density at radius 3 is 2.67 bits per heavy atom. The molecule has 2 heterocycles. The monoisotopic (exact) mass is 360 g/mol. The molecule has 0 saturated heterocycles. The molecular formula is C19H16N6O2. The minimum atomic E-state index is -0.516. The molecule has 0 aliphatic carbocycles. The number of imidazole rings is 1. The van der Waals surface area contributed by atoms with Gasteiger partial charge in [-0.2, -0.15) is 9.80 Å². The van der Waals surface area contributed by atoms with Gasteiger partial charge in [0.2, 0.25) is 5.91 Å². The second-order valence-corrected chi connectivity index (χ2v) is 6.10. The number of carbonyl (C=O) groups excluding carboxylic acids is 1. The van der Waals surface area contributed by atoms with Crippen LogP contribution < -0.4 is 5.56 Å². The van der Waals surface area contributed by atoms with Crippen molar-refractivity contribution in [3.63, 3.8) is 0 Å². The Labute approximate surface area is 153 Å². The predicted octanol–water partition coefficient (Wildman–Crippen LogP) is 4.10. The zero-order valence-electron chi connectivity index (χ0n) is 14.7. The van der Waals surface area contributed by atoms with Gasteiger partial charge in [-0.1, -0.05) is 24.3 Å². The summed E-state index contributed by atoms with van der Waals surface area (Å²) in [5.41, 5.74) is 3.33. The predicted molar refractivity (Wildman–Crippen MR) is 102 cm³/mol. The van der Waals surface area contributed by atoms with Crippen molar-refractivity contribution >= 4 is 28.3 Å². The zero-order chi connectivity index (χ0) is 19.0. The van der Waals surface area contributed by atoms with Crippen LogP contribution in [0, 0.1) is 6.92 Å². The molecule has 0 unspecified atom stereocenters. The molecule has 0 amide bonds. The number of aromatic nitrogens is 4. The summed E-state index contributed by atoms with van der Waals surface area (Å²) >= 11 is 0. The molecular weight excluding hydrogens is 344 g/mol. The number of carbonyl (C=O) groups is 1. The number of para-hydroxylation sites is 2. The molecule has 134 valence electrons. The molecule has 0 bridgehead atoms. The highest BCUT2D eigenvalue weighted by molar-refractivity contribution is 5.79. The van der Waals surface area contributed by atoms with Crippen molar-refractivity contribution in [2.45, 2.75) is 13.8 Å². The first-order chi connectivity index (χ1) is 13.0. The van der Waals surface area contributed by atoms with E-state index in [0.29, 0.717) is 11.4 Å². The Bertz CT molecular complexity index is 1210. The molecule has 2 N–H and O–H groups in total. The molecule has 2 aromatic carbocycles. The van der Waals surface area contributed by atoms with E-state index in [0.717, 1.165) is 27.1 Å². The fourth-order valence-electron chi connectivity index (χ4n) is 2.79. The van der Waals surface area contributed by atoms with Crippen LogP contribution in [0.15, 0.2) is 63.6 Å². The number of nitrogens with zero attached hydrogens (tertiary/aromatic N) is 4. The second-order valence-electron chi connectivity index (χ2n) is 6.10. The number of hydrogen-bond acceptors (Lipinski definition) is 5. The molecule has 0 aliphatic heterocycles. The lowest BCUT2D eigenvalue weighted by atomic mass is 10.2. The Balaban J connectivity index is 1.68. The maximum Gasteiger partial charge on any atom is 0.301 e. The molecule has 0 atom stereocenters. The van der Waals surface area contributed by atoms with Crippen LogP contribution in [0.5, 0.6) is 0 Å². The highest BCUT2D eigenvalue weighted by Crippen LogP contribution is 2.25. The number of aromatic amines is 2. The van der Waals surface area contributed by atoms with E-state index in [1.165, 1.54) is 6.92 Å². The lowest BCUT2D eigenvalue weighted by molar-refractivity contribution is 0.0917. The first kappa shape index (κ1) is 16.6. The normalized spacial score (nSPS) is 11.5. The number of azo groups is 1. The summed E-state index contributed by atoms with van der Waals surface area (Å²) in [6.07, 6.45) is 0. The van der Waals surface area contributed by atoms with E-state index in [4.69, 9.17) is 0 Å². The molecule has 8 nitrogen and oxygen atoms in total. The van der Waals surface area contributed by atoms with Crippen LogP contribution in [0.4, 0.5) is 11.4 Å². The first-order valence-electron chi connectivity index (χ1n) is 8.32. The number of nitrogens with one attached hydrogen (secondary N) is 2. The fourth-order valence-corrected chi connectivity index (χ4v) is 2.79. The van der Waals surface area contributed by atoms with Gasteiger partial charge in [-0.25, -0.2) is 4.98 Å². The third-order valence-corrected chi connectivity index (χ3v) is 4.13. The van der Waals surface area contributed by atoms with Crippen molar-refractivity contribution in [3.05, 3.63) is 64.6 Å². The van der Waals surface area contributed by atoms with Crippen molar-refractivity contribution < 1.29 is 4.79 Å². The summed E-state index contributed by atoms with van der Waals surface area (Å²) in [4.78, 5) is 31.5. The summed E-state index contributed by atoms with van der Waals surface area (Å²) in [5.74, 6) is 0.321. The van der Waals surface area contributed by atoms with E-state index in [1.807, 2.05) is 42.5 Å². The number of hydrogen-bond donors (Lipinski definition) is 2. The van der Waals surface area contributed by atoms with Gasteiger partial charge in [0.25, 0.3) is 0 Å². The number of fused-ring (bicyclic) bond motifs is 1. The number of benzene rings is 2. The molecule has 4 aromatic rings. The standard InChI is InChI=1S/C19H16N6O2/c1-11-17(19(27)25(24-11)12(2)26)23-22-14-7-5-6-13(10-14)18-20-15-8-3-4-9-16(15)21-18/h3-10,24H,1-2H3,(H,20,21). The van der Waals surface area contributed by atoms with E-state index >= 15 is 0 Å². The van der Waals surface area contributed by atoms with Crippen LogP contribution in [-0.4, -0.2) is 25.7 Å². The molecule has 27 heavy (non-hydrogen) atoms. The van der Waals surface area contributed by atoms with Gasteiger partial charge in [0.05, 0.1) is 22.4 Å². The van der Waals surface area contributed by atoms with Crippen LogP contribution in [0.25, 0.3) is 22.4 Å². The lowest BCUT2D eigenvalue weighted by Crippen LogP contribution is -2.21. The Morgan fingerprint density at radius 1 is 1.11 bits per heavy atom. The SMILES string of the molecule is CC(=O)n1[nH]c(C)c(N=Nc2cccc(-c3nc4ccccc4[nH]3)c2)c1=O. The number of rotatable bonds is 3. The first-order valence-corrected chi connectivity index (χ1v) is 8.32. The van der Waals surface area contributed by atoms with Gasteiger partial charge in [0.15, 0.2) is 5.69 Å². The van der Waals surface area contributed by atoms with E-state index in [-0.39, 0.29) is 5.69 Å². The minimum Gasteiger partial charge on any atom is -0.338 e. The maximum atomic E-state index is 12.2. The zero-order valence-corrected chi connectivity index (χ0v) is 14.7. The average molecular weight is 360 g/mol. The van der Waals surface area contributed by atoms with E-state index < -0.39 is 11.5 Å². The van der Waals surface area contributed by atoms with E-state index in [9.17, 15) is 9.59 Å². The largest absolute Gasteiger partial charge is 0.338 e. The topological polar surface area (TPSA) is 108 Å². The smallest absolute Gasteiger partial charge is 0.301 e. The quantitative estimate of drug-likeness (QED) is 0.537. The van der Waals surface area contributed by atoms with Crippen LogP contribution in [0.1, 0.15) is 17.4 Å². The van der Waals surface area contributed by atoms with E-state index in [1.54, 1.807) is 13.0 Å². The summed E-state index contributed by atoms with van der Waals surface area (Å²) in [6.45, 7) is 2.97. The third kappa shape index (κ3) is 3.08. The van der Waals surface area contributed by atoms with Crippen molar-refractivity contribution in [1.82, 2.24) is 19.7 Å². The van der Waals surface area contributed by atoms with Crippen LogP contribution in [0.3, 0.4) is 0 Å². The van der Waals surface area contributed by atoms with Gasteiger partial charge in [0, 0.05) is 12.5 Å². The van der Waals surface area contributed by atoms with E-state index in [2.05, 4.69) is 25.3 Å². The second kappa shape index (κ2) is 6.49. The van der Waals surface area contributed by atoms with Crippen molar-refractivity contribution in [1.29, 1.82) is 0 Å². The Kier molecular flexibility index (Phi) is 4.00. The van der Waals surface area contributed by atoms with Crippen LogP contribution in [0.2, 0.25) is 0 Å². The summed E-state index contributed by atoms with van der Waals surface area (Å²) in [7, 11) is 0. The van der Waals surface area contributed by atoms with Crippen LogP contribution in [-0.2, 0) is 0 Å². The molecule has 2 aromatic heterocycles. The van der Waals surface area contributed by atoms with Gasteiger partial charge < -0.3 is 4.98 Å². The Morgan fingerprint density at radius 2 is 1.93 bits per heavy atom. The minimum absolute atomic E-state index is 0.111. The highest BCUT2D eigenvalue weighted by atomic mass is 16.2. The highest BCUT2D eigenvalue weighted by Gasteiger charge is 2.13. The van der Waals surface area contributed by atoms with Gasteiger partial charge >= 0.3 is 5.56 Å². The lowest BCUT2D eigenvalue weighted by Gasteiger charge is -1.98. The molecule has 0 fully saturated rings. The molecule has 4 rings (SSSR count). The molecule has 0 spiro atoms. The van der Waals surface area contributed by atoms with Crippen molar-refractivity contribution in [2.75, 3.05) is 0 Å². The maximum absolute atomic E-state index is 12.2. The summed E-state index contributed by atoms with van der Waals surface area (Å²) < 4.78 is 0.911. The average Bonchev–Trinajstić information content (AvgIpc) is 3.21. The van der Waals surface area contributed by atoms with Gasteiger partial charge in [-0.3, -0.25) is 14.7 Å². The third-order valence-electron chi connectivity index (χ3n) is 4.13. The van der Waals surface area contributed by atoms with Gasteiger partial charge in [-0.05, 0) is 31.2 Å². The Hall–Kier alpha value is -3.81. The number of aryl methyl sites for hydroxylation is 1.